The molecule has 1 saturated carbocycles. The van der Waals surface area contributed by atoms with Crippen molar-refractivity contribution in [3.8, 4) is 0 Å². The van der Waals surface area contributed by atoms with E-state index >= 15 is 0 Å². The van der Waals surface area contributed by atoms with E-state index in [2.05, 4.69) is 13.8 Å². The zero-order chi connectivity index (χ0) is 15.6. The van der Waals surface area contributed by atoms with Crippen molar-refractivity contribution in [2.24, 2.45) is 17.3 Å². The molecule has 116 valence electrons. The van der Waals surface area contributed by atoms with Crippen LogP contribution in [-0.2, 0) is 11.2 Å². The molecule has 0 unspecified atom stereocenters. The van der Waals surface area contributed by atoms with Crippen molar-refractivity contribution >= 4 is 17.6 Å². The number of benzene rings is 1. The molecule has 0 atom stereocenters. The highest BCUT2D eigenvalue weighted by Crippen LogP contribution is 2.44. The standard InChI is InChI=1S/C17H22ClFO2/c1-11(2)12-5-7-17(8-6-12,16(20)21)10-13-3-4-14(18)9-15(13)19/h3-4,9,11-12H,5-8,10H2,1-2H3,(H,20,21). The first-order chi connectivity index (χ1) is 9.84. The van der Waals surface area contributed by atoms with Crippen LogP contribution >= 0.6 is 11.6 Å². The van der Waals surface area contributed by atoms with Crippen LogP contribution in [0.2, 0.25) is 5.02 Å². The minimum atomic E-state index is -0.833. The molecule has 1 aromatic carbocycles. The molecule has 0 spiro atoms. The van der Waals surface area contributed by atoms with Crippen LogP contribution in [0, 0.1) is 23.1 Å². The molecular weight excluding hydrogens is 291 g/mol. The number of carbonyl (C=O) groups is 1. The van der Waals surface area contributed by atoms with E-state index < -0.39 is 17.2 Å². The first-order valence-electron chi connectivity index (χ1n) is 7.51. The summed E-state index contributed by atoms with van der Waals surface area (Å²) in [5.41, 5.74) is -0.384. The number of carboxylic acid groups (broad SMARTS) is 1. The van der Waals surface area contributed by atoms with Gasteiger partial charge in [0.05, 0.1) is 5.41 Å². The number of hydrogen-bond acceptors (Lipinski definition) is 1. The third-order valence-electron chi connectivity index (χ3n) is 4.93. The van der Waals surface area contributed by atoms with Crippen LogP contribution in [0.3, 0.4) is 0 Å². The summed E-state index contributed by atoms with van der Waals surface area (Å²) in [7, 11) is 0. The summed E-state index contributed by atoms with van der Waals surface area (Å²) in [6, 6.07) is 4.48. The van der Waals surface area contributed by atoms with Gasteiger partial charge in [-0.05, 0) is 61.6 Å². The molecule has 0 radical (unpaired) electrons. The lowest BCUT2D eigenvalue weighted by atomic mass is 9.65. The Morgan fingerprint density at radius 1 is 1.43 bits per heavy atom. The van der Waals surface area contributed by atoms with Crippen LogP contribution < -0.4 is 0 Å². The zero-order valence-corrected chi connectivity index (χ0v) is 13.3. The molecular formula is C17H22ClFO2. The monoisotopic (exact) mass is 312 g/mol. The highest BCUT2D eigenvalue weighted by Gasteiger charge is 2.42. The fraction of sp³-hybridized carbons (Fsp3) is 0.588. The summed E-state index contributed by atoms with van der Waals surface area (Å²) in [5.74, 6) is -0.0650. The lowest BCUT2D eigenvalue weighted by Crippen LogP contribution is -2.38. The number of hydrogen-bond donors (Lipinski definition) is 1. The second-order valence-electron chi connectivity index (χ2n) is 6.58. The second-order valence-corrected chi connectivity index (χ2v) is 7.02. The SMILES string of the molecule is CC(C)C1CCC(Cc2ccc(Cl)cc2F)(C(=O)O)CC1. The van der Waals surface area contributed by atoms with Crippen molar-refractivity contribution in [1.29, 1.82) is 0 Å². The highest BCUT2D eigenvalue weighted by molar-refractivity contribution is 6.30. The Kier molecular flexibility index (Phi) is 4.92. The normalized spacial score (nSPS) is 26.0. The van der Waals surface area contributed by atoms with Gasteiger partial charge in [-0.25, -0.2) is 4.39 Å². The van der Waals surface area contributed by atoms with Crippen molar-refractivity contribution in [2.75, 3.05) is 0 Å². The lowest BCUT2D eigenvalue weighted by Gasteiger charge is -2.38. The minimum Gasteiger partial charge on any atom is -0.481 e. The van der Waals surface area contributed by atoms with Gasteiger partial charge >= 0.3 is 5.97 Å². The van der Waals surface area contributed by atoms with E-state index in [1.165, 1.54) is 6.07 Å². The summed E-state index contributed by atoms with van der Waals surface area (Å²) in [5, 5.41) is 10.0. The summed E-state index contributed by atoms with van der Waals surface area (Å²) in [6.07, 6.45) is 3.29. The Balaban J connectivity index is 2.19. The van der Waals surface area contributed by atoms with E-state index in [9.17, 15) is 14.3 Å². The molecule has 0 aromatic heterocycles. The second kappa shape index (κ2) is 6.35. The van der Waals surface area contributed by atoms with Crippen LogP contribution in [0.5, 0.6) is 0 Å². The van der Waals surface area contributed by atoms with Gasteiger partial charge in [-0.2, -0.15) is 0 Å². The molecule has 2 rings (SSSR count). The fourth-order valence-electron chi connectivity index (χ4n) is 3.36. The Bertz CT molecular complexity index is 520. The Hall–Kier alpha value is -1.09. The van der Waals surface area contributed by atoms with Crippen molar-refractivity contribution in [1.82, 2.24) is 0 Å². The number of halogens is 2. The number of carboxylic acids is 1. The van der Waals surface area contributed by atoms with E-state index in [0.29, 0.717) is 35.3 Å². The molecule has 0 amide bonds. The molecule has 4 heteroatoms. The Morgan fingerprint density at radius 3 is 2.52 bits per heavy atom. The maximum atomic E-state index is 14.0. The van der Waals surface area contributed by atoms with Gasteiger partial charge in [-0.1, -0.05) is 31.5 Å². The molecule has 2 nitrogen and oxygen atoms in total. The van der Waals surface area contributed by atoms with Crippen molar-refractivity contribution in [3.05, 3.63) is 34.6 Å². The van der Waals surface area contributed by atoms with E-state index in [1.807, 2.05) is 0 Å². The molecule has 1 aromatic rings. The van der Waals surface area contributed by atoms with Crippen LogP contribution in [0.4, 0.5) is 4.39 Å². The largest absolute Gasteiger partial charge is 0.481 e. The van der Waals surface area contributed by atoms with Crippen LogP contribution in [0.15, 0.2) is 18.2 Å². The molecule has 1 aliphatic carbocycles. The van der Waals surface area contributed by atoms with Crippen molar-refractivity contribution in [2.45, 2.75) is 46.0 Å². The molecule has 1 aliphatic rings. The molecule has 0 bridgehead atoms. The van der Waals surface area contributed by atoms with Crippen LogP contribution in [-0.4, -0.2) is 11.1 Å². The zero-order valence-electron chi connectivity index (χ0n) is 12.5. The van der Waals surface area contributed by atoms with E-state index in [4.69, 9.17) is 11.6 Å². The highest BCUT2D eigenvalue weighted by atomic mass is 35.5. The van der Waals surface area contributed by atoms with Gasteiger partial charge in [0.15, 0.2) is 0 Å². The molecule has 1 fully saturated rings. The maximum absolute atomic E-state index is 14.0. The third-order valence-corrected chi connectivity index (χ3v) is 5.16. The Morgan fingerprint density at radius 2 is 2.05 bits per heavy atom. The van der Waals surface area contributed by atoms with Gasteiger partial charge in [-0.3, -0.25) is 4.79 Å². The quantitative estimate of drug-likeness (QED) is 0.855. The van der Waals surface area contributed by atoms with Gasteiger partial charge in [0, 0.05) is 5.02 Å². The average Bonchev–Trinajstić information content (AvgIpc) is 2.42. The van der Waals surface area contributed by atoms with Crippen molar-refractivity contribution in [3.63, 3.8) is 0 Å². The topological polar surface area (TPSA) is 37.3 Å². The van der Waals surface area contributed by atoms with Crippen LogP contribution in [0.1, 0.15) is 45.1 Å². The predicted molar refractivity (Wildman–Crippen MR) is 82.0 cm³/mol. The van der Waals surface area contributed by atoms with Gasteiger partial charge in [-0.15, -0.1) is 0 Å². The summed E-state index contributed by atoms with van der Waals surface area (Å²) in [6.45, 7) is 4.36. The summed E-state index contributed by atoms with van der Waals surface area (Å²) >= 11 is 5.75. The van der Waals surface area contributed by atoms with Crippen LogP contribution in [0.25, 0.3) is 0 Å². The van der Waals surface area contributed by atoms with Gasteiger partial charge < -0.3 is 5.11 Å². The first kappa shape index (κ1) is 16.3. The Labute approximate surface area is 130 Å². The van der Waals surface area contributed by atoms with E-state index in [0.717, 1.165) is 12.8 Å². The molecule has 0 saturated heterocycles. The maximum Gasteiger partial charge on any atom is 0.309 e. The lowest BCUT2D eigenvalue weighted by molar-refractivity contribution is -0.152. The van der Waals surface area contributed by atoms with E-state index in [1.54, 1.807) is 12.1 Å². The minimum absolute atomic E-state index is 0.246. The van der Waals surface area contributed by atoms with Gasteiger partial charge in [0.1, 0.15) is 5.82 Å². The van der Waals surface area contributed by atoms with Gasteiger partial charge in [0.2, 0.25) is 0 Å². The van der Waals surface area contributed by atoms with E-state index in [-0.39, 0.29) is 6.42 Å². The molecule has 0 aliphatic heterocycles. The molecule has 21 heavy (non-hydrogen) atoms. The first-order valence-corrected chi connectivity index (χ1v) is 7.89. The van der Waals surface area contributed by atoms with Crippen molar-refractivity contribution < 1.29 is 14.3 Å². The predicted octanol–water partition coefficient (Wildman–Crippen LogP) is 4.94. The molecule has 1 N–H and O–H groups in total. The third kappa shape index (κ3) is 3.57. The fourth-order valence-corrected chi connectivity index (χ4v) is 3.51. The smallest absolute Gasteiger partial charge is 0.309 e. The number of rotatable bonds is 4. The average molecular weight is 313 g/mol. The van der Waals surface area contributed by atoms with Gasteiger partial charge in [0.25, 0.3) is 0 Å². The number of aliphatic carboxylic acids is 1. The summed E-state index contributed by atoms with van der Waals surface area (Å²) < 4.78 is 14.0. The summed E-state index contributed by atoms with van der Waals surface area (Å²) in [4.78, 5) is 11.8. The molecule has 0 heterocycles.